The Morgan fingerprint density at radius 3 is 2.67 bits per heavy atom. The number of halogens is 1. The molecule has 1 aromatic heterocycles. The van der Waals surface area contributed by atoms with Gasteiger partial charge in [-0.05, 0) is 35.0 Å². The molecule has 0 aliphatic rings. The molecule has 1 N–H and O–H groups in total. The number of fused-ring (bicyclic) bond motifs is 1. The summed E-state index contributed by atoms with van der Waals surface area (Å²) in [4.78, 5) is 1.24. The van der Waals surface area contributed by atoms with E-state index < -0.39 is 0 Å². The maximum absolute atomic E-state index is 5.89. The first-order valence-electron chi connectivity index (χ1n) is 6.88. The van der Waals surface area contributed by atoms with Crippen molar-refractivity contribution in [3.63, 3.8) is 0 Å². The van der Waals surface area contributed by atoms with Gasteiger partial charge in [-0.2, -0.15) is 0 Å². The predicted molar refractivity (Wildman–Crippen MR) is 90.5 cm³/mol. The number of thiophene rings is 1. The van der Waals surface area contributed by atoms with Gasteiger partial charge in [-0.1, -0.05) is 41.9 Å². The fraction of sp³-hybridized carbons (Fsp3) is 0.176. The second-order valence-corrected chi connectivity index (χ2v) is 6.54. The van der Waals surface area contributed by atoms with Crippen molar-refractivity contribution >= 4 is 33.7 Å². The molecule has 21 heavy (non-hydrogen) atoms. The van der Waals surface area contributed by atoms with Gasteiger partial charge in [0, 0.05) is 18.0 Å². The van der Waals surface area contributed by atoms with Gasteiger partial charge in [-0.3, -0.25) is 0 Å². The molecule has 0 unspecified atom stereocenters. The third kappa shape index (κ3) is 3.97. The summed E-state index contributed by atoms with van der Waals surface area (Å²) in [7, 11) is 0. The Labute approximate surface area is 133 Å². The van der Waals surface area contributed by atoms with Crippen LogP contribution in [0.1, 0.15) is 4.88 Å². The van der Waals surface area contributed by atoms with Gasteiger partial charge in [-0.15, -0.1) is 11.3 Å². The van der Waals surface area contributed by atoms with Crippen LogP contribution in [0.2, 0.25) is 4.34 Å². The highest BCUT2D eigenvalue weighted by molar-refractivity contribution is 7.16. The number of rotatable bonds is 6. The Bertz CT molecular complexity index is 725. The van der Waals surface area contributed by atoms with Crippen LogP contribution in [0.25, 0.3) is 10.8 Å². The molecule has 0 atom stereocenters. The average molecular weight is 318 g/mol. The van der Waals surface area contributed by atoms with Crippen LogP contribution in [0.15, 0.2) is 54.6 Å². The number of hydrogen-bond acceptors (Lipinski definition) is 3. The molecule has 3 aromatic rings. The van der Waals surface area contributed by atoms with Crippen LogP contribution in [-0.2, 0) is 6.54 Å². The minimum atomic E-state index is 0.650. The standard InChI is InChI=1S/C17H16ClNOS/c18-17-8-7-16(21-17)12-19-9-10-20-15-6-5-13-3-1-2-4-14(13)11-15/h1-8,11,19H,9-10,12H2. The Balaban J connectivity index is 1.46. The van der Waals surface area contributed by atoms with Crippen molar-refractivity contribution in [1.29, 1.82) is 0 Å². The molecule has 0 saturated carbocycles. The Hall–Kier alpha value is -1.55. The lowest BCUT2D eigenvalue weighted by Crippen LogP contribution is -2.20. The van der Waals surface area contributed by atoms with Crippen LogP contribution in [0, 0.1) is 0 Å². The second-order valence-electron chi connectivity index (χ2n) is 4.74. The van der Waals surface area contributed by atoms with E-state index in [2.05, 4.69) is 29.6 Å². The lowest BCUT2D eigenvalue weighted by molar-refractivity contribution is 0.314. The highest BCUT2D eigenvalue weighted by Crippen LogP contribution is 2.21. The molecule has 108 valence electrons. The van der Waals surface area contributed by atoms with Crippen LogP contribution in [0.5, 0.6) is 5.75 Å². The first kappa shape index (κ1) is 14.4. The van der Waals surface area contributed by atoms with Gasteiger partial charge in [0.05, 0.1) is 4.34 Å². The molecule has 2 aromatic carbocycles. The SMILES string of the molecule is Clc1ccc(CNCCOc2ccc3ccccc3c2)s1. The highest BCUT2D eigenvalue weighted by Gasteiger charge is 1.99. The molecule has 0 aliphatic carbocycles. The molecule has 1 heterocycles. The van der Waals surface area contributed by atoms with Crippen molar-refractivity contribution < 1.29 is 4.74 Å². The minimum absolute atomic E-state index is 0.650. The Morgan fingerprint density at radius 1 is 1.00 bits per heavy atom. The third-order valence-electron chi connectivity index (χ3n) is 3.20. The van der Waals surface area contributed by atoms with Gasteiger partial charge in [-0.25, -0.2) is 0 Å². The van der Waals surface area contributed by atoms with Gasteiger partial charge in [0.1, 0.15) is 12.4 Å². The van der Waals surface area contributed by atoms with E-state index in [0.717, 1.165) is 23.2 Å². The topological polar surface area (TPSA) is 21.3 Å². The molecule has 0 fully saturated rings. The van der Waals surface area contributed by atoms with Crippen molar-refractivity contribution in [3.8, 4) is 5.75 Å². The van der Waals surface area contributed by atoms with Crippen LogP contribution >= 0.6 is 22.9 Å². The number of ether oxygens (including phenoxy) is 1. The van der Waals surface area contributed by atoms with E-state index in [1.165, 1.54) is 15.6 Å². The number of benzene rings is 2. The van der Waals surface area contributed by atoms with Gasteiger partial charge in [0.25, 0.3) is 0 Å². The van der Waals surface area contributed by atoms with Crippen molar-refractivity contribution in [1.82, 2.24) is 5.32 Å². The summed E-state index contributed by atoms with van der Waals surface area (Å²) < 4.78 is 6.60. The third-order valence-corrected chi connectivity index (χ3v) is 4.43. The summed E-state index contributed by atoms with van der Waals surface area (Å²) in [6, 6.07) is 18.4. The first-order valence-corrected chi connectivity index (χ1v) is 8.07. The van der Waals surface area contributed by atoms with Crippen LogP contribution in [0.3, 0.4) is 0 Å². The van der Waals surface area contributed by atoms with Crippen molar-refractivity contribution in [2.75, 3.05) is 13.2 Å². The first-order chi connectivity index (χ1) is 10.3. The van der Waals surface area contributed by atoms with E-state index >= 15 is 0 Å². The maximum atomic E-state index is 5.89. The van der Waals surface area contributed by atoms with E-state index in [-0.39, 0.29) is 0 Å². The average Bonchev–Trinajstić information content (AvgIpc) is 2.92. The molecule has 0 radical (unpaired) electrons. The largest absolute Gasteiger partial charge is 0.492 e. The lowest BCUT2D eigenvalue weighted by Gasteiger charge is -2.08. The van der Waals surface area contributed by atoms with Gasteiger partial charge >= 0.3 is 0 Å². The monoisotopic (exact) mass is 317 g/mol. The zero-order valence-electron chi connectivity index (χ0n) is 11.5. The van der Waals surface area contributed by atoms with E-state index in [4.69, 9.17) is 16.3 Å². The number of hydrogen-bond donors (Lipinski definition) is 1. The fourth-order valence-corrected chi connectivity index (χ4v) is 3.21. The molecule has 0 bridgehead atoms. The Morgan fingerprint density at radius 2 is 1.86 bits per heavy atom. The highest BCUT2D eigenvalue weighted by atomic mass is 35.5. The van der Waals surface area contributed by atoms with Crippen molar-refractivity contribution in [3.05, 3.63) is 63.8 Å². The molecule has 0 aliphatic heterocycles. The molecular weight excluding hydrogens is 302 g/mol. The second kappa shape index (κ2) is 6.94. The quantitative estimate of drug-likeness (QED) is 0.664. The summed E-state index contributed by atoms with van der Waals surface area (Å²) in [6.45, 7) is 2.29. The molecule has 0 saturated heterocycles. The maximum Gasteiger partial charge on any atom is 0.120 e. The molecular formula is C17H16ClNOS. The molecule has 0 spiro atoms. The number of nitrogens with one attached hydrogen (secondary N) is 1. The lowest BCUT2D eigenvalue weighted by atomic mass is 10.1. The van der Waals surface area contributed by atoms with E-state index in [1.807, 2.05) is 30.3 Å². The minimum Gasteiger partial charge on any atom is -0.492 e. The van der Waals surface area contributed by atoms with E-state index in [0.29, 0.717) is 6.61 Å². The molecule has 4 heteroatoms. The van der Waals surface area contributed by atoms with Crippen molar-refractivity contribution in [2.24, 2.45) is 0 Å². The van der Waals surface area contributed by atoms with Gasteiger partial charge in [0.15, 0.2) is 0 Å². The van der Waals surface area contributed by atoms with E-state index in [9.17, 15) is 0 Å². The normalized spacial score (nSPS) is 10.9. The summed E-state index contributed by atoms with van der Waals surface area (Å²) in [5.74, 6) is 0.912. The van der Waals surface area contributed by atoms with Gasteiger partial charge < -0.3 is 10.1 Å². The van der Waals surface area contributed by atoms with Crippen LogP contribution in [0.4, 0.5) is 0 Å². The molecule has 2 nitrogen and oxygen atoms in total. The summed E-state index contributed by atoms with van der Waals surface area (Å²) >= 11 is 7.50. The van der Waals surface area contributed by atoms with Crippen LogP contribution in [-0.4, -0.2) is 13.2 Å². The summed E-state index contributed by atoms with van der Waals surface area (Å²) in [5, 5.41) is 5.79. The summed E-state index contributed by atoms with van der Waals surface area (Å²) in [5.41, 5.74) is 0. The molecule has 0 amide bonds. The van der Waals surface area contributed by atoms with Crippen LogP contribution < -0.4 is 10.1 Å². The van der Waals surface area contributed by atoms with E-state index in [1.54, 1.807) is 11.3 Å². The molecule has 3 rings (SSSR count). The predicted octanol–water partition coefficient (Wildman–Crippen LogP) is 4.72. The Kier molecular flexibility index (Phi) is 4.76. The zero-order chi connectivity index (χ0) is 14.5. The smallest absolute Gasteiger partial charge is 0.120 e. The summed E-state index contributed by atoms with van der Waals surface area (Å²) in [6.07, 6.45) is 0. The van der Waals surface area contributed by atoms with Crippen molar-refractivity contribution in [2.45, 2.75) is 6.54 Å². The van der Waals surface area contributed by atoms with Gasteiger partial charge in [0.2, 0.25) is 0 Å². The fourth-order valence-electron chi connectivity index (χ4n) is 2.16. The zero-order valence-corrected chi connectivity index (χ0v) is 13.1.